The number of carbonyl (C=O) groups excluding carboxylic acids is 2. The molecule has 1 aromatic rings. The number of benzene rings is 1. The summed E-state index contributed by atoms with van der Waals surface area (Å²) in [6.07, 6.45) is 0.815. The van der Waals surface area contributed by atoms with Crippen LogP contribution < -0.4 is 11.1 Å². The summed E-state index contributed by atoms with van der Waals surface area (Å²) in [7, 11) is 1.35. The average Bonchev–Trinajstić information content (AvgIpc) is 2.35. The third-order valence-electron chi connectivity index (χ3n) is 2.60. The van der Waals surface area contributed by atoms with E-state index in [0.29, 0.717) is 6.42 Å². The van der Waals surface area contributed by atoms with E-state index >= 15 is 0 Å². The fraction of sp³-hybridized carbons (Fsp3) is 0.385. The number of primary amides is 1. The summed E-state index contributed by atoms with van der Waals surface area (Å²) in [5.41, 5.74) is 6.85. The molecule has 1 aromatic carbocycles. The van der Waals surface area contributed by atoms with Crippen LogP contribution in [0.4, 0.5) is 5.69 Å². The summed E-state index contributed by atoms with van der Waals surface area (Å²) in [6.45, 7) is 1.88. The minimum absolute atomic E-state index is 0.208. The van der Waals surface area contributed by atoms with E-state index in [2.05, 4.69) is 10.1 Å². The van der Waals surface area contributed by atoms with E-state index in [1.165, 1.54) is 7.11 Å². The Bertz CT molecular complexity index is 432. The van der Waals surface area contributed by atoms with Crippen LogP contribution in [0.25, 0.3) is 0 Å². The van der Waals surface area contributed by atoms with Gasteiger partial charge in [0.2, 0.25) is 5.91 Å². The van der Waals surface area contributed by atoms with Crippen LogP contribution in [-0.4, -0.2) is 25.0 Å². The number of methoxy groups -OCH3 is 1. The molecule has 1 amide bonds. The molecule has 0 aromatic heterocycles. The van der Waals surface area contributed by atoms with Crippen molar-refractivity contribution in [2.75, 3.05) is 12.4 Å². The van der Waals surface area contributed by atoms with Crippen LogP contribution in [0.3, 0.4) is 0 Å². The van der Waals surface area contributed by atoms with E-state index < -0.39 is 11.9 Å². The first kappa shape index (κ1) is 14.0. The molecule has 0 bridgehead atoms. The fourth-order valence-corrected chi connectivity index (χ4v) is 1.59. The lowest BCUT2D eigenvalue weighted by atomic mass is 10.1. The Morgan fingerprint density at radius 2 is 2.17 bits per heavy atom. The van der Waals surface area contributed by atoms with E-state index in [1.54, 1.807) is 0 Å². The molecule has 0 aliphatic carbocycles. The van der Waals surface area contributed by atoms with E-state index in [-0.39, 0.29) is 12.4 Å². The molecule has 5 heteroatoms. The zero-order chi connectivity index (χ0) is 13.5. The number of ether oxygens (including phenoxy) is 1. The van der Waals surface area contributed by atoms with Crippen molar-refractivity contribution in [2.24, 2.45) is 5.73 Å². The summed E-state index contributed by atoms with van der Waals surface area (Å²) >= 11 is 0. The molecular weight excluding hydrogens is 232 g/mol. The first-order chi connectivity index (χ1) is 8.56. The highest BCUT2D eigenvalue weighted by atomic mass is 16.5. The van der Waals surface area contributed by atoms with Gasteiger partial charge in [0.15, 0.2) is 0 Å². The van der Waals surface area contributed by atoms with Crippen LogP contribution in [-0.2, 0) is 20.7 Å². The molecule has 0 aliphatic heterocycles. The third-order valence-corrected chi connectivity index (χ3v) is 2.60. The van der Waals surface area contributed by atoms with Crippen LogP contribution in [0, 0.1) is 0 Å². The van der Waals surface area contributed by atoms with Crippen LogP contribution >= 0.6 is 0 Å². The smallest absolute Gasteiger partial charge is 0.309 e. The maximum absolute atomic E-state index is 11.2. The number of nitrogens with one attached hydrogen (secondary N) is 1. The lowest BCUT2D eigenvalue weighted by Gasteiger charge is -2.15. The van der Waals surface area contributed by atoms with Crippen molar-refractivity contribution in [1.82, 2.24) is 0 Å². The molecule has 98 valence electrons. The monoisotopic (exact) mass is 250 g/mol. The Balaban J connectivity index is 2.75. The van der Waals surface area contributed by atoms with Gasteiger partial charge in [-0.1, -0.05) is 19.1 Å². The Labute approximate surface area is 106 Å². The Kier molecular flexibility index (Phi) is 5.17. The highest BCUT2D eigenvalue weighted by Gasteiger charge is 2.12. The third kappa shape index (κ3) is 4.08. The zero-order valence-electron chi connectivity index (χ0n) is 10.6. The number of carbonyl (C=O) groups is 2. The van der Waals surface area contributed by atoms with Crippen LogP contribution in [0.2, 0.25) is 0 Å². The van der Waals surface area contributed by atoms with Crippen molar-refractivity contribution >= 4 is 17.6 Å². The molecule has 0 radical (unpaired) electrons. The molecule has 5 nitrogen and oxygen atoms in total. The Morgan fingerprint density at radius 3 is 2.72 bits per heavy atom. The highest BCUT2D eigenvalue weighted by Crippen LogP contribution is 2.13. The first-order valence-corrected chi connectivity index (χ1v) is 5.78. The van der Waals surface area contributed by atoms with Crippen molar-refractivity contribution < 1.29 is 14.3 Å². The van der Waals surface area contributed by atoms with Crippen molar-refractivity contribution in [3.05, 3.63) is 29.8 Å². The SMILES string of the molecule is CC[C@H](Nc1cccc(CC(=O)OC)c1)C(N)=O. The second-order valence-electron chi connectivity index (χ2n) is 3.96. The molecular formula is C13H18N2O3. The lowest BCUT2D eigenvalue weighted by Crippen LogP contribution is -2.34. The van der Waals surface area contributed by atoms with Gasteiger partial charge in [-0.05, 0) is 24.1 Å². The van der Waals surface area contributed by atoms with Crippen molar-refractivity contribution in [3.8, 4) is 0 Å². The number of hydrogen-bond acceptors (Lipinski definition) is 4. The van der Waals surface area contributed by atoms with Gasteiger partial charge in [0.1, 0.15) is 6.04 Å². The van der Waals surface area contributed by atoms with Crippen molar-refractivity contribution in [2.45, 2.75) is 25.8 Å². The van der Waals surface area contributed by atoms with E-state index in [1.807, 2.05) is 31.2 Å². The minimum Gasteiger partial charge on any atom is -0.469 e. The van der Waals surface area contributed by atoms with Gasteiger partial charge in [0, 0.05) is 5.69 Å². The number of anilines is 1. The van der Waals surface area contributed by atoms with Gasteiger partial charge in [0.25, 0.3) is 0 Å². The molecule has 0 aliphatic rings. The summed E-state index contributed by atoms with van der Waals surface area (Å²) in [6, 6.07) is 6.87. The largest absolute Gasteiger partial charge is 0.469 e. The number of amides is 1. The molecule has 1 rings (SSSR count). The maximum atomic E-state index is 11.2. The topological polar surface area (TPSA) is 81.4 Å². The van der Waals surface area contributed by atoms with Gasteiger partial charge in [-0.2, -0.15) is 0 Å². The maximum Gasteiger partial charge on any atom is 0.309 e. The van der Waals surface area contributed by atoms with Gasteiger partial charge < -0.3 is 15.8 Å². The molecule has 18 heavy (non-hydrogen) atoms. The molecule has 0 heterocycles. The van der Waals surface area contributed by atoms with Gasteiger partial charge in [0.05, 0.1) is 13.5 Å². The molecule has 0 saturated heterocycles. The average molecular weight is 250 g/mol. The zero-order valence-corrected chi connectivity index (χ0v) is 10.6. The Morgan fingerprint density at radius 1 is 1.44 bits per heavy atom. The molecule has 0 spiro atoms. The summed E-state index contributed by atoms with van der Waals surface area (Å²) in [5, 5.41) is 3.03. The number of hydrogen-bond donors (Lipinski definition) is 2. The van der Waals surface area contributed by atoms with Crippen LogP contribution in [0.15, 0.2) is 24.3 Å². The van der Waals surface area contributed by atoms with Crippen LogP contribution in [0.5, 0.6) is 0 Å². The normalized spacial score (nSPS) is 11.7. The number of nitrogens with two attached hydrogens (primary N) is 1. The standard InChI is InChI=1S/C13H18N2O3/c1-3-11(13(14)17)15-10-6-4-5-9(7-10)8-12(16)18-2/h4-7,11,15H,3,8H2,1-2H3,(H2,14,17)/t11-/m0/s1. The van der Waals surface area contributed by atoms with Crippen LogP contribution in [0.1, 0.15) is 18.9 Å². The van der Waals surface area contributed by atoms with Gasteiger partial charge in [-0.3, -0.25) is 9.59 Å². The van der Waals surface area contributed by atoms with E-state index in [4.69, 9.17) is 5.73 Å². The quantitative estimate of drug-likeness (QED) is 0.740. The summed E-state index contributed by atoms with van der Waals surface area (Å²) in [4.78, 5) is 22.3. The van der Waals surface area contributed by atoms with E-state index in [9.17, 15) is 9.59 Å². The van der Waals surface area contributed by atoms with Gasteiger partial charge >= 0.3 is 5.97 Å². The Hall–Kier alpha value is -2.04. The van der Waals surface area contributed by atoms with Crippen molar-refractivity contribution in [1.29, 1.82) is 0 Å². The summed E-state index contributed by atoms with van der Waals surface area (Å²) in [5.74, 6) is -0.690. The molecule has 0 saturated carbocycles. The predicted molar refractivity (Wildman–Crippen MR) is 69.1 cm³/mol. The molecule has 3 N–H and O–H groups in total. The second-order valence-corrected chi connectivity index (χ2v) is 3.96. The number of esters is 1. The predicted octanol–water partition coefficient (Wildman–Crippen LogP) is 1.08. The molecule has 1 atom stereocenters. The molecule has 0 fully saturated rings. The first-order valence-electron chi connectivity index (χ1n) is 5.78. The van der Waals surface area contributed by atoms with Gasteiger partial charge in [-0.25, -0.2) is 0 Å². The highest BCUT2D eigenvalue weighted by molar-refractivity contribution is 5.83. The second kappa shape index (κ2) is 6.64. The molecule has 0 unspecified atom stereocenters. The minimum atomic E-state index is -0.404. The number of rotatable bonds is 6. The van der Waals surface area contributed by atoms with E-state index in [0.717, 1.165) is 11.3 Å². The van der Waals surface area contributed by atoms with Gasteiger partial charge in [-0.15, -0.1) is 0 Å². The lowest BCUT2D eigenvalue weighted by molar-refractivity contribution is -0.139. The summed E-state index contributed by atoms with van der Waals surface area (Å²) < 4.78 is 4.60. The van der Waals surface area contributed by atoms with Crippen molar-refractivity contribution in [3.63, 3.8) is 0 Å². The fourth-order valence-electron chi connectivity index (χ4n) is 1.59.